The molecule has 0 radical (unpaired) electrons. The van der Waals surface area contributed by atoms with Crippen LogP contribution in [0.1, 0.15) is 6.42 Å². The average molecular weight is 233 g/mol. The summed E-state index contributed by atoms with van der Waals surface area (Å²) in [7, 11) is -0.0165. The maximum Gasteiger partial charge on any atom is 0.281 e. The highest BCUT2D eigenvalue weighted by Gasteiger charge is 2.37. The first-order valence-electron chi connectivity index (χ1n) is 5.40. The Balaban J connectivity index is 2.07. The van der Waals surface area contributed by atoms with E-state index < -0.39 is 10.2 Å². The lowest BCUT2D eigenvalue weighted by Crippen LogP contribution is -2.47. The monoisotopic (exact) mass is 233 g/mol. The molecule has 2 aliphatic rings. The SMILES string of the molecule is CN(C)S(=O)(=O)N1CCC2CNCC2C1. The number of fused-ring (bicyclic) bond motifs is 1. The zero-order valence-corrected chi connectivity index (χ0v) is 10.1. The lowest BCUT2D eigenvalue weighted by atomic mass is 9.90. The Morgan fingerprint density at radius 3 is 2.60 bits per heavy atom. The molecule has 2 fully saturated rings. The third-order valence-corrected chi connectivity index (χ3v) is 5.36. The van der Waals surface area contributed by atoms with E-state index in [-0.39, 0.29) is 0 Å². The fraction of sp³-hybridized carbons (Fsp3) is 1.00. The molecule has 6 heteroatoms. The van der Waals surface area contributed by atoms with E-state index in [0.717, 1.165) is 19.5 Å². The molecule has 5 nitrogen and oxygen atoms in total. The second kappa shape index (κ2) is 4.01. The Morgan fingerprint density at radius 1 is 1.27 bits per heavy atom. The van der Waals surface area contributed by atoms with Crippen LogP contribution in [-0.2, 0) is 10.2 Å². The van der Waals surface area contributed by atoms with Crippen LogP contribution >= 0.6 is 0 Å². The molecule has 0 bridgehead atoms. The Hall–Kier alpha value is -0.170. The van der Waals surface area contributed by atoms with E-state index in [0.29, 0.717) is 24.9 Å². The normalized spacial score (nSPS) is 33.3. The van der Waals surface area contributed by atoms with Gasteiger partial charge in [0.2, 0.25) is 0 Å². The molecule has 2 aliphatic heterocycles. The van der Waals surface area contributed by atoms with Crippen molar-refractivity contribution in [2.24, 2.45) is 11.8 Å². The van der Waals surface area contributed by atoms with Crippen LogP contribution in [0.25, 0.3) is 0 Å². The van der Waals surface area contributed by atoms with E-state index >= 15 is 0 Å². The zero-order chi connectivity index (χ0) is 11.1. The highest BCUT2D eigenvalue weighted by Crippen LogP contribution is 2.28. The minimum absolute atomic E-state index is 0.508. The van der Waals surface area contributed by atoms with Gasteiger partial charge in [-0.3, -0.25) is 0 Å². The Morgan fingerprint density at radius 2 is 1.93 bits per heavy atom. The largest absolute Gasteiger partial charge is 0.316 e. The fourth-order valence-corrected chi connectivity index (χ4v) is 3.62. The summed E-state index contributed by atoms with van der Waals surface area (Å²) in [6.45, 7) is 3.37. The highest BCUT2D eigenvalue weighted by molar-refractivity contribution is 7.86. The van der Waals surface area contributed by atoms with E-state index in [9.17, 15) is 8.42 Å². The van der Waals surface area contributed by atoms with Crippen LogP contribution in [-0.4, -0.2) is 57.3 Å². The molecule has 0 saturated carbocycles. The molecule has 0 aromatic heterocycles. The van der Waals surface area contributed by atoms with Gasteiger partial charge in [-0.15, -0.1) is 0 Å². The van der Waals surface area contributed by atoms with Crippen molar-refractivity contribution in [1.82, 2.24) is 13.9 Å². The predicted octanol–water partition coefficient (Wildman–Crippen LogP) is -0.666. The van der Waals surface area contributed by atoms with Crippen LogP contribution in [0.2, 0.25) is 0 Å². The van der Waals surface area contributed by atoms with Gasteiger partial charge in [0.1, 0.15) is 0 Å². The van der Waals surface area contributed by atoms with Crippen molar-refractivity contribution in [3.8, 4) is 0 Å². The summed E-state index contributed by atoms with van der Waals surface area (Å²) < 4.78 is 26.7. The van der Waals surface area contributed by atoms with Crippen LogP contribution in [0, 0.1) is 11.8 Å². The van der Waals surface area contributed by atoms with Crippen LogP contribution in [0.3, 0.4) is 0 Å². The Labute approximate surface area is 91.6 Å². The number of rotatable bonds is 2. The van der Waals surface area contributed by atoms with Gasteiger partial charge in [0.05, 0.1) is 0 Å². The van der Waals surface area contributed by atoms with Gasteiger partial charge < -0.3 is 5.32 Å². The summed E-state index contributed by atoms with van der Waals surface area (Å²) in [5.41, 5.74) is 0. The molecule has 88 valence electrons. The van der Waals surface area contributed by atoms with Crippen LogP contribution in [0.5, 0.6) is 0 Å². The zero-order valence-electron chi connectivity index (χ0n) is 9.31. The second-order valence-corrected chi connectivity index (χ2v) is 6.76. The first-order valence-corrected chi connectivity index (χ1v) is 6.80. The van der Waals surface area contributed by atoms with Crippen molar-refractivity contribution < 1.29 is 8.42 Å². The number of nitrogens with one attached hydrogen (secondary N) is 1. The van der Waals surface area contributed by atoms with E-state index in [2.05, 4.69) is 5.32 Å². The van der Waals surface area contributed by atoms with Crippen LogP contribution in [0.15, 0.2) is 0 Å². The third-order valence-electron chi connectivity index (χ3n) is 3.45. The summed E-state index contributed by atoms with van der Waals surface area (Å²) in [5.74, 6) is 1.19. The number of nitrogens with zero attached hydrogens (tertiary/aromatic N) is 2. The molecule has 0 spiro atoms. The maximum atomic E-state index is 11.9. The third kappa shape index (κ3) is 2.04. The average Bonchev–Trinajstić information content (AvgIpc) is 2.63. The molecule has 0 amide bonds. The second-order valence-electron chi connectivity index (χ2n) is 4.62. The molecule has 15 heavy (non-hydrogen) atoms. The number of piperidine rings is 1. The Bertz CT molecular complexity index is 328. The van der Waals surface area contributed by atoms with E-state index in [4.69, 9.17) is 0 Å². The van der Waals surface area contributed by atoms with Gasteiger partial charge in [-0.25, -0.2) is 0 Å². The molecule has 0 aromatic rings. The van der Waals surface area contributed by atoms with Gasteiger partial charge in [0.15, 0.2) is 0 Å². The van der Waals surface area contributed by atoms with Crippen molar-refractivity contribution in [3.63, 3.8) is 0 Å². The molecule has 2 saturated heterocycles. The predicted molar refractivity (Wildman–Crippen MR) is 58.6 cm³/mol. The first-order chi connectivity index (χ1) is 7.01. The molecule has 2 unspecified atom stereocenters. The van der Waals surface area contributed by atoms with E-state index in [1.807, 2.05) is 0 Å². The molecule has 2 heterocycles. The van der Waals surface area contributed by atoms with Gasteiger partial charge >= 0.3 is 0 Å². The number of hydrogen-bond acceptors (Lipinski definition) is 3. The number of hydrogen-bond donors (Lipinski definition) is 1. The highest BCUT2D eigenvalue weighted by atomic mass is 32.2. The van der Waals surface area contributed by atoms with Gasteiger partial charge in [-0.1, -0.05) is 0 Å². The molecular formula is C9H19N3O2S. The lowest BCUT2D eigenvalue weighted by Gasteiger charge is -2.34. The van der Waals surface area contributed by atoms with Gasteiger partial charge in [0.25, 0.3) is 10.2 Å². The molecule has 0 aliphatic carbocycles. The molecule has 2 atom stereocenters. The van der Waals surface area contributed by atoms with Gasteiger partial charge in [-0.2, -0.15) is 17.0 Å². The van der Waals surface area contributed by atoms with Crippen LogP contribution in [0.4, 0.5) is 0 Å². The lowest BCUT2D eigenvalue weighted by molar-refractivity contribution is 0.220. The molecule has 2 rings (SSSR count). The standard InChI is InChI=1S/C9H19N3O2S/c1-11(2)15(13,14)12-4-3-8-5-10-6-9(8)7-12/h8-10H,3-7H2,1-2H3. The molecular weight excluding hydrogens is 214 g/mol. The summed E-state index contributed by atoms with van der Waals surface area (Å²) in [6.07, 6.45) is 0.991. The summed E-state index contributed by atoms with van der Waals surface area (Å²) in [4.78, 5) is 0. The first kappa shape index (κ1) is 11.3. The quantitative estimate of drug-likeness (QED) is 0.688. The summed E-state index contributed by atoms with van der Waals surface area (Å²) >= 11 is 0. The van der Waals surface area contributed by atoms with Gasteiger partial charge in [0, 0.05) is 27.2 Å². The van der Waals surface area contributed by atoms with E-state index in [1.165, 1.54) is 4.31 Å². The van der Waals surface area contributed by atoms with E-state index in [1.54, 1.807) is 18.4 Å². The van der Waals surface area contributed by atoms with Crippen molar-refractivity contribution in [2.45, 2.75) is 6.42 Å². The fourth-order valence-electron chi connectivity index (χ4n) is 2.44. The Kier molecular flexibility index (Phi) is 3.03. The van der Waals surface area contributed by atoms with Gasteiger partial charge in [-0.05, 0) is 31.3 Å². The smallest absolute Gasteiger partial charge is 0.281 e. The van der Waals surface area contributed by atoms with Crippen molar-refractivity contribution in [2.75, 3.05) is 40.3 Å². The summed E-state index contributed by atoms with van der Waals surface area (Å²) in [6, 6.07) is 0. The molecule has 1 N–H and O–H groups in total. The topological polar surface area (TPSA) is 52.7 Å². The minimum atomic E-state index is -3.20. The molecule has 0 aromatic carbocycles. The van der Waals surface area contributed by atoms with Crippen molar-refractivity contribution >= 4 is 10.2 Å². The summed E-state index contributed by atoms with van der Waals surface area (Å²) in [5, 5.41) is 3.33. The van der Waals surface area contributed by atoms with Crippen LogP contribution < -0.4 is 5.32 Å². The maximum absolute atomic E-state index is 11.9. The van der Waals surface area contributed by atoms with Crippen molar-refractivity contribution in [1.29, 1.82) is 0 Å². The van der Waals surface area contributed by atoms with Crippen molar-refractivity contribution in [3.05, 3.63) is 0 Å². The minimum Gasteiger partial charge on any atom is -0.316 e.